The van der Waals surface area contributed by atoms with Crippen molar-refractivity contribution in [3.63, 3.8) is 0 Å². The molecular weight excluding hydrogens is 208 g/mol. The average Bonchev–Trinajstić information content (AvgIpc) is 2.35. The molecule has 0 saturated carbocycles. The van der Waals surface area contributed by atoms with Crippen LogP contribution in [-0.4, -0.2) is 5.78 Å². The summed E-state index contributed by atoms with van der Waals surface area (Å²) in [7, 11) is 0. The van der Waals surface area contributed by atoms with E-state index in [1.807, 2.05) is 48.5 Å². The van der Waals surface area contributed by atoms with Crippen molar-refractivity contribution in [1.82, 2.24) is 0 Å². The van der Waals surface area contributed by atoms with Gasteiger partial charge in [0.1, 0.15) is 0 Å². The van der Waals surface area contributed by atoms with Gasteiger partial charge < -0.3 is 0 Å². The molecule has 0 aromatic heterocycles. The number of hydrogen-bond acceptors (Lipinski definition) is 1. The fourth-order valence-electron chi connectivity index (χ4n) is 1.72. The van der Waals surface area contributed by atoms with Crippen molar-refractivity contribution in [2.45, 2.75) is 13.8 Å². The fourth-order valence-corrected chi connectivity index (χ4v) is 1.72. The summed E-state index contributed by atoms with van der Waals surface area (Å²) in [5, 5.41) is 2.27. The topological polar surface area (TPSA) is 17.1 Å². The summed E-state index contributed by atoms with van der Waals surface area (Å²) in [5.74, 6) is 0.476. The van der Waals surface area contributed by atoms with Gasteiger partial charge in [0.05, 0.1) is 0 Å². The predicted octanol–water partition coefficient (Wildman–Crippen LogP) is 4.23. The molecule has 1 nitrogen and oxygen atoms in total. The zero-order chi connectivity index (χ0) is 12.3. The number of carbonyl (C=O) groups excluding carboxylic acids is 1. The molecule has 86 valence electrons. The monoisotopic (exact) mass is 224 g/mol. The highest BCUT2D eigenvalue weighted by Gasteiger charge is 2.02. The second-order valence-electron chi connectivity index (χ2n) is 4.53. The van der Waals surface area contributed by atoms with Crippen molar-refractivity contribution in [2.75, 3.05) is 0 Å². The molecule has 0 atom stereocenters. The average molecular weight is 224 g/mol. The summed E-state index contributed by atoms with van der Waals surface area (Å²) in [6.07, 6.45) is 3.59. The van der Waals surface area contributed by atoms with Crippen LogP contribution < -0.4 is 0 Å². The van der Waals surface area contributed by atoms with Gasteiger partial charge in [-0.2, -0.15) is 0 Å². The molecule has 0 fully saturated rings. The van der Waals surface area contributed by atoms with Crippen molar-refractivity contribution in [1.29, 1.82) is 0 Å². The fraction of sp³-hybridized carbons (Fsp3) is 0.188. The van der Waals surface area contributed by atoms with Gasteiger partial charge >= 0.3 is 0 Å². The molecule has 0 radical (unpaired) electrons. The largest absolute Gasteiger partial charge is 0.289 e. The molecule has 0 N–H and O–H groups in total. The molecular formula is C16H16O. The molecule has 0 amide bonds. The molecule has 0 aliphatic rings. The van der Waals surface area contributed by atoms with E-state index >= 15 is 0 Å². The molecule has 2 aromatic carbocycles. The maximum atomic E-state index is 11.9. The van der Waals surface area contributed by atoms with Crippen LogP contribution in [0.2, 0.25) is 0 Å². The Morgan fingerprint density at radius 2 is 1.76 bits per heavy atom. The van der Waals surface area contributed by atoms with Crippen molar-refractivity contribution in [3.8, 4) is 0 Å². The first-order chi connectivity index (χ1) is 8.16. The Labute approximate surface area is 102 Å². The van der Waals surface area contributed by atoms with E-state index in [0.29, 0.717) is 5.92 Å². The van der Waals surface area contributed by atoms with Gasteiger partial charge in [-0.05, 0) is 28.8 Å². The summed E-state index contributed by atoms with van der Waals surface area (Å²) in [4.78, 5) is 11.9. The van der Waals surface area contributed by atoms with Crippen molar-refractivity contribution in [3.05, 3.63) is 60.2 Å². The normalized spacial score (nSPS) is 11.5. The molecule has 0 spiro atoms. The van der Waals surface area contributed by atoms with Crippen molar-refractivity contribution in [2.24, 2.45) is 5.92 Å². The summed E-state index contributed by atoms with van der Waals surface area (Å²) < 4.78 is 0. The second-order valence-corrected chi connectivity index (χ2v) is 4.53. The van der Waals surface area contributed by atoms with E-state index in [-0.39, 0.29) is 5.78 Å². The van der Waals surface area contributed by atoms with E-state index in [0.717, 1.165) is 16.3 Å². The molecule has 2 aromatic rings. The van der Waals surface area contributed by atoms with Crippen molar-refractivity contribution >= 4 is 16.6 Å². The molecule has 0 saturated heterocycles. The molecule has 0 unspecified atom stereocenters. The van der Waals surface area contributed by atoms with Gasteiger partial charge in [-0.1, -0.05) is 56.3 Å². The Morgan fingerprint density at radius 1 is 1.06 bits per heavy atom. The van der Waals surface area contributed by atoms with Gasteiger partial charge in [0.15, 0.2) is 5.78 Å². The number of carbonyl (C=O) groups is 1. The Hall–Kier alpha value is -1.89. The van der Waals surface area contributed by atoms with Crippen molar-refractivity contribution < 1.29 is 4.79 Å². The van der Waals surface area contributed by atoms with E-state index < -0.39 is 0 Å². The Kier molecular flexibility index (Phi) is 3.38. The highest BCUT2D eigenvalue weighted by atomic mass is 16.1. The van der Waals surface area contributed by atoms with E-state index in [9.17, 15) is 4.79 Å². The number of benzene rings is 2. The molecule has 2 rings (SSSR count). The van der Waals surface area contributed by atoms with Crippen LogP contribution in [-0.2, 0) is 0 Å². The Bertz CT molecular complexity index is 565. The Balaban J connectivity index is 2.33. The number of hydrogen-bond donors (Lipinski definition) is 0. The first-order valence-electron chi connectivity index (χ1n) is 5.88. The van der Waals surface area contributed by atoms with Crippen LogP contribution in [0.5, 0.6) is 0 Å². The summed E-state index contributed by atoms with van der Waals surface area (Å²) in [6, 6.07) is 13.9. The van der Waals surface area contributed by atoms with Gasteiger partial charge in [0.2, 0.25) is 0 Å². The second kappa shape index (κ2) is 4.96. The maximum absolute atomic E-state index is 11.9. The SMILES string of the molecule is CC(C)C=CC(=O)c1ccc2ccccc2c1. The standard InChI is InChI=1S/C16H16O/c1-12(2)7-10-16(17)15-9-8-13-5-3-4-6-14(13)11-15/h3-12H,1-2H3. The van der Waals surface area contributed by atoms with Crippen LogP contribution in [0, 0.1) is 5.92 Å². The van der Waals surface area contributed by atoms with Crippen LogP contribution in [0.4, 0.5) is 0 Å². The first-order valence-corrected chi connectivity index (χ1v) is 5.88. The minimum Gasteiger partial charge on any atom is -0.289 e. The van der Waals surface area contributed by atoms with Crippen LogP contribution in [0.25, 0.3) is 10.8 Å². The highest BCUT2D eigenvalue weighted by molar-refractivity contribution is 6.06. The van der Waals surface area contributed by atoms with E-state index in [2.05, 4.69) is 13.8 Å². The zero-order valence-electron chi connectivity index (χ0n) is 10.2. The molecule has 1 heteroatoms. The number of allylic oxidation sites excluding steroid dienone is 2. The van der Waals surface area contributed by atoms with E-state index in [1.165, 1.54) is 0 Å². The van der Waals surface area contributed by atoms with E-state index in [4.69, 9.17) is 0 Å². The van der Waals surface area contributed by atoms with Gasteiger partial charge in [-0.25, -0.2) is 0 Å². The first kappa shape index (κ1) is 11.6. The van der Waals surface area contributed by atoms with Crippen LogP contribution in [0.3, 0.4) is 0 Å². The predicted molar refractivity (Wildman–Crippen MR) is 72.3 cm³/mol. The molecule has 17 heavy (non-hydrogen) atoms. The Morgan fingerprint density at radius 3 is 2.47 bits per heavy atom. The maximum Gasteiger partial charge on any atom is 0.185 e. The lowest BCUT2D eigenvalue weighted by Crippen LogP contribution is -1.94. The lowest BCUT2D eigenvalue weighted by atomic mass is 10.0. The minimum absolute atomic E-state index is 0.0736. The smallest absolute Gasteiger partial charge is 0.185 e. The number of rotatable bonds is 3. The summed E-state index contributed by atoms with van der Waals surface area (Å²) in [5.41, 5.74) is 0.751. The number of ketones is 1. The van der Waals surface area contributed by atoms with Gasteiger partial charge in [-0.15, -0.1) is 0 Å². The van der Waals surface area contributed by atoms with Crippen LogP contribution >= 0.6 is 0 Å². The molecule has 0 aliphatic carbocycles. The molecule has 0 heterocycles. The zero-order valence-corrected chi connectivity index (χ0v) is 10.2. The molecule has 0 aliphatic heterocycles. The van der Waals surface area contributed by atoms with Gasteiger partial charge in [0, 0.05) is 5.56 Å². The lowest BCUT2D eigenvalue weighted by Gasteiger charge is -2.00. The van der Waals surface area contributed by atoms with Gasteiger partial charge in [-0.3, -0.25) is 4.79 Å². The third-order valence-electron chi connectivity index (χ3n) is 2.67. The quantitative estimate of drug-likeness (QED) is 0.563. The minimum atomic E-state index is 0.0736. The van der Waals surface area contributed by atoms with Crippen LogP contribution in [0.15, 0.2) is 54.6 Å². The number of fused-ring (bicyclic) bond motifs is 1. The van der Waals surface area contributed by atoms with Gasteiger partial charge in [0.25, 0.3) is 0 Å². The molecule has 0 bridgehead atoms. The summed E-state index contributed by atoms with van der Waals surface area (Å²) >= 11 is 0. The third-order valence-corrected chi connectivity index (χ3v) is 2.67. The van der Waals surface area contributed by atoms with Crippen LogP contribution in [0.1, 0.15) is 24.2 Å². The lowest BCUT2D eigenvalue weighted by molar-refractivity contribution is 0.104. The highest BCUT2D eigenvalue weighted by Crippen LogP contribution is 2.16. The summed E-state index contributed by atoms with van der Waals surface area (Å²) in [6.45, 7) is 4.12. The third kappa shape index (κ3) is 2.82. The van der Waals surface area contributed by atoms with E-state index in [1.54, 1.807) is 6.08 Å².